The van der Waals surface area contributed by atoms with Crippen LogP contribution in [0.15, 0.2) is 12.3 Å². The quantitative estimate of drug-likeness (QED) is 0.805. The van der Waals surface area contributed by atoms with Gasteiger partial charge >= 0.3 is 0 Å². The second-order valence-electron chi connectivity index (χ2n) is 5.75. The Labute approximate surface area is 107 Å². The van der Waals surface area contributed by atoms with Gasteiger partial charge in [0.25, 0.3) is 0 Å². The number of pyridine rings is 1. The maximum atomic E-state index is 10.9. The first-order valence-corrected chi connectivity index (χ1v) is 7.01. The van der Waals surface area contributed by atoms with Gasteiger partial charge in [-0.1, -0.05) is 13.8 Å². The zero-order valence-electron chi connectivity index (χ0n) is 10.7. The van der Waals surface area contributed by atoms with Crippen LogP contribution in [0.1, 0.15) is 31.4 Å². The molecule has 3 nitrogen and oxygen atoms in total. The molecule has 1 unspecified atom stereocenters. The fourth-order valence-electron chi connectivity index (χ4n) is 2.74. The first-order valence-electron chi connectivity index (χ1n) is 5.86. The van der Waals surface area contributed by atoms with E-state index in [-0.39, 0.29) is 5.41 Å². The predicted octanol–water partition coefficient (Wildman–Crippen LogP) is 2.32. The lowest BCUT2D eigenvalue weighted by atomic mass is 9.77. The molecule has 94 valence electrons. The number of aryl methyl sites for hydroxylation is 1. The van der Waals surface area contributed by atoms with Gasteiger partial charge in [0.15, 0.2) is 0 Å². The van der Waals surface area contributed by atoms with Crippen LogP contribution in [-0.2, 0) is 5.60 Å². The van der Waals surface area contributed by atoms with E-state index in [0.717, 1.165) is 23.3 Å². The Morgan fingerprint density at radius 2 is 2.12 bits per heavy atom. The summed E-state index contributed by atoms with van der Waals surface area (Å²) in [6.07, 6.45) is 2.43. The van der Waals surface area contributed by atoms with Crippen molar-refractivity contribution in [1.29, 1.82) is 0 Å². The largest absolute Gasteiger partial charge is 0.384 e. The molecule has 1 atom stereocenters. The number of hydrogen-bond donors (Lipinski definition) is 2. The molecule has 0 aliphatic carbocycles. The molecule has 1 fully saturated rings. The van der Waals surface area contributed by atoms with Gasteiger partial charge in [0.2, 0.25) is 0 Å². The topological polar surface area (TPSA) is 59.1 Å². The lowest BCUT2D eigenvalue weighted by Crippen LogP contribution is -2.41. The lowest BCUT2D eigenvalue weighted by molar-refractivity contribution is 0.0156. The molecule has 1 aromatic heterocycles. The van der Waals surface area contributed by atoms with E-state index in [2.05, 4.69) is 18.8 Å². The van der Waals surface area contributed by atoms with E-state index in [1.807, 2.05) is 13.0 Å². The maximum absolute atomic E-state index is 10.9. The van der Waals surface area contributed by atoms with E-state index in [1.165, 1.54) is 0 Å². The highest BCUT2D eigenvalue weighted by Crippen LogP contribution is 2.46. The van der Waals surface area contributed by atoms with Crippen LogP contribution in [0.2, 0.25) is 0 Å². The van der Waals surface area contributed by atoms with Crippen LogP contribution < -0.4 is 5.73 Å². The van der Waals surface area contributed by atoms with Gasteiger partial charge in [0, 0.05) is 17.5 Å². The Balaban J connectivity index is 2.44. The molecule has 1 saturated heterocycles. The summed E-state index contributed by atoms with van der Waals surface area (Å²) in [6.45, 7) is 6.36. The first-order chi connectivity index (χ1) is 7.84. The molecule has 0 spiro atoms. The summed E-state index contributed by atoms with van der Waals surface area (Å²) in [6, 6.07) is 1.91. The molecule has 0 saturated carbocycles. The molecule has 0 radical (unpaired) electrons. The first kappa shape index (κ1) is 12.7. The smallest absolute Gasteiger partial charge is 0.129 e. The number of nitrogens with zero attached hydrogens (tertiary/aromatic N) is 1. The highest BCUT2D eigenvalue weighted by molar-refractivity contribution is 7.99. The van der Waals surface area contributed by atoms with Gasteiger partial charge in [-0.15, -0.1) is 0 Å². The molecule has 4 heteroatoms. The minimum atomic E-state index is -0.838. The molecule has 17 heavy (non-hydrogen) atoms. The second kappa shape index (κ2) is 4.18. The number of rotatable bonds is 1. The van der Waals surface area contributed by atoms with E-state index in [0.29, 0.717) is 11.6 Å². The van der Waals surface area contributed by atoms with Crippen molar-refractivity contribution in [3.63, 3.8) is 0 Å². The molecule has 2 rings (SSSR count). The fraction of sp³-hybridized carbons (Fsp3) is 0.615. The van der Waals surface area contributed by atoms with E-state index in [1.54, 1.807) is 18.0 Å². The molecule has 1 aliphatic heterocycles. The molecule has 3 N–H and O–H groups in total. The van der Waals surface area contributed by atoms with E-state index in [9.17, 15) is 5.11 Å². The van der Waals surface area contributed by atoms with Gasteiger partial charge in [-0.3, -0.25) is 0 Å². The summed E-state index contributed by atoms with van der Waals surface area (Å²) < 4.78 is 0. The maximum Gasteiger partial charge on any atom is 0.129 e. The number of anilines is 1. The Morgan fingerprint density at radius 1 is 1.41 bits per heavy atom. The van der Waals surface area contributed by atoms with Crippen molar-refractivity contribution in [3.8, 4) is 0 Å². The number of nitrogen functional groups attached to an aromatic ring is 1. The average Bonchev–Trinajstić information content (AvgIpc) is 2.14. The van der Waals surface area contributed by atoms with Crippen molar-refractivity contribution in [2.45, 2.75) is 32.8 Å². The summed E-state index contributed by atoms with van der Waals surface area (Å²) in [4.78, 5) is 4.12. The van der Waals surface area contributed by atoms with Crippen LogP contribution in [0.5, 0.6) is 0 Å². The Morgan fingerprint density at radius 3 is 2.71 bits per heavy atom. The van der Waals surface area contributed by atoms with Crippen molar-refractivity contribution in [2.24, 2.45) is 5.41 Å². The van der Waals surface area contributed by atoms with Gasteiger partial charge in [-0.05, 0) is 36.1 Å². The van der Waals surface area contributed by atoms with Gasteiger partial charge in [0.05, 0.1) is 0 Å². The van der Waals surface area contributed by atoms with Crippen molar-refractivity contribution >= 4 is 17.6 Å². The summed E-state index contributed by atoms with van der Waals surface area (Å²) >= 11 is 1.79. The normalized spacial score (nSPS) is 28.0. The number of hydrogen-bond acceptors (Lipinski definition) is 4. The standard InChI is InChI=1S/C13H20N2OS/c1-9-4-5-15-11(14)10(9)13(16)6-12(2,3)7-17-8-13/h4-5,16H,6-8H2,1-3H3,(H2,14,15). The summed E-state index contributed by atoms with van der Waals surface area (Å²) in [7, 11) is 0. The lowest BCUT2D eigenvalue weighted by Gasteiger charge is -2.42. The van der Waals surface area contributed by atoms with Crippen LogP contribution in [0.3, 0.4) is 0 Å². The molecular formula is C13H20N2OS. The molecule has 1 aromatic rings. The van der Waals surface area contributed by atoms with Crippen molar-refractivity contribution < 1.29 is 5.11 Å². The predicted molar refractivity (Wildman–Crippen MR) is 73.0 cm³/mol. The van der Waals surface area contributed by atoms with Crippen LogP contribution in [-0.4, -0.2) is 21.6 Å². The van der Waals surface area contributed by atoms with Crippen LogP contribution >= 0.6 is 11.8 Å². The average molecular weight is 252 g/mol. The third kappa shape index (κ3) is 2.43. The SMILES string of the molecule is Cc1ccnc(N)c1C1(O)CSCC(C)(C)C1. The molecule has 2 heterocycles. The number of aliphatic hydroxyl groups is 1. The highest BCUT2D eigenvalue weighted by atomic mass is 32.2. The van der Waals surface area contributed by atoms with Gasteiger partial charge < -0.3 is 10.8 Å². The summed E-state index contributed by atoms with van der Waals surface area (Å²) in [5.41, 5.74) is 7.08. The molecule has 0 aromatic carbocycles. The number of thioether (sulfide) groups is 1. The zero-order valence-corrected chi connectivity index (χ0v) is 11.5. The summed E-state index contributed by atoms with van der Waals surface area (Å²) in [5.74, 6) is 2.24. The van der Waals surface area contributed by atoms with Gasteiger partial charge in [-0.25, -0.2) is 4.98 Å². The van der Waals surface area contributed by atoms with Crippen LogP contribution in [0, 0.1) is 12.3 Å². The molecule has 0 bridgehead atoms. The molecule has 1 aliphatic rings. The fourth-order valence-corrected chi connectivity index (χ4v) is 4.08. The third-order valence-corrected chi connectivity index (χ3v) is 4.93. The Bertz CT molecular complexity index is 413. The molecular weight excluding hydrogens is 232 g/mol. The summed E-state index contributed by atoms with van der Waals surface area (Å²) in [5, 5.41) is 10.9. The molecule has 0 amide bonds. The van der Waals surface area contributed by atoms with E-state index in [4.69, 9.17) is 5.73 Å². The minimum Gasteiger partial charge on any atom is -0.384 e. The van der Waals surface area contributed by atoms with Gasteiger partial charge in [-0.2, -0.15) is 11.8 Å². The third-order valence-electron chi connectivity index (χ3n) is 3.26. The van der Waals surface area contributed by atoms with E-state index >= 15 is 0 Å². The Kier molecular flexibility index (Phi) is 3.12. The number of nitrogens with two attached hydrogens (primary N) is 1. The van der Waals surface area contributed by atoms with Crippen molar-refractivity contribution in [3.05, 3.63) is 23.4 Å². The van der Waals surface area contributed by atoms with Gasteiger partial charge in [0.1, 0.15) is 11.4 Å². The zero-order chi connectivity index (χ0) is 12.7. The van der Waals surface area contributed by atoms with Crippen molar-refractivity contribution in [1.82, 2.24) is 4.98 Å². The second-order valence-corrected chi connectivity index (χ2v) is 6.74. The highest BCUT2D eigenvalue weighted by Gasteiger charge is 2.42. The number of aromatic nitrogens is 1. The Hall–Kier alpha value is -0.740. The van der Waals surface area contributed by atoms with Crippen molar-refractivity contribution in [2.75, 3.05) is 17.2 Å². The van der Waals surface area contributed by atoms with Crippen LogP contribution in [0.4, 0.5) is 5.82 Å². The minimum absolute atomic E-state index is 0.131. The van der Waals surface area contributed by atoms with Crippen LogP contribution in [0.25, 0.3) is 0 Å². The van der Waals surface area contributed by atoms with E-state index < -0.39 is 5.60 Å². The monoisotopic (exact) mass is 252 g/mol.